The van der Waals surface area contributed by atoms with Crippen LogP contribution in [0.2, 0.25) is 0 Å². The summed E-state index contributed by atoms with van der Waals surface area (Å²) in [5.74, 6) is -0.212. The molecule has 8 nitrogen and oxygen atoms in total. The maximum Gasteiger partial charge on any atom is 0.271 e. The van der Waals surface area contributed by atoms with E-state index < -0.39 is 5.60 Å². The highest BCUT2D eigenvalue weighted by Crippen LogP contribution is 2.41. The zero-order chi connectivity index (χ0) is 19.8. The minimum Gasteiger partial charge on any atom is -0.368 e. The van der Waals surface area contributed by atoms with Crippen LogP contribution in [0.25, 0.3) is 5.69 Å². The minimum atomic E-state index is -0.466. The van der Waals surface area contributed by atoms with Crippen molar-refractivity contribution in [1.29, 1.82) is 0 Å². The summed E-state index contributed by atoms with van der Waals surface area (Å²) in [6, 6.07) is 10.0. The van der Waals surface area contributed by atoms with Crippen LogP contribution in [0.4, 0.5) is 0 Å². The molecule has 4 heterocycles. The summed E-state index contributed by atoms with van der Waals surface area (Å²) in [6.45, 7) is 1.72. The first kappa shape index (κ1) is 17.8. The van der Waals surface area contributed by atoms with Gasteiger partial charge in [0.2, 0.25) is 0 Å². The summed E-state index contributed by atoms with van der Waals surface area (Å²) in [5.41, 5.74) is 2.58. The number of carbonyl (C=O) groups is 1. The number of benzene rings is 1. The molecule has 2 aliphatic rings. The van der Waals surface area contributed by atoms with Crippen molar-refractivity contribution in [1.82, 2.24) is 24.6 Å². The van der Waals surface area contributed by atoms with Crippen molar-refractivity contribution in [2.75, 3.05) is 19.7 Å². The molecule has 1 aromatic carbocycles. The monoisotopic (exact) mass is 391 g/mol. The van der Waals surface area contributed by atoms with Gasteiger partial charge in [0.05, 0.1) is 30.4 Å². The van der Waals surface area contributed by atoms with Gasteiger partial charge in [0.15, 0.2) is 0 Å². The third-order valence-corrected chi connectivity index (χ3v) is 5.73. The summed E-state index contributed by atoms with van der Waals surface area (Å²) >= 11 is 0. The number of carbonyl (C=O) groups excluding carboxylic acids is 1. The summed E-state index contributed by atoms with van der Waals surface area (Å²) in [5, 5.41) is 4.87. The average Bonchev–Trinajstić information content (AvgIpc) is 3.21. The Bertz CT molecular complexity index is 1100. The maximum absolute atomic E-state index is 12.7. The van der Waals surface area contributed by atoms with Crippen LogP contribution in [0, 0.1) is 0 Å². The molecular weight excluding hydrogens is 370 g/mol. The fourth-order valence-corrected chi connectivity index (χ4v) is 4.22. The van der Waals surface area contributed by atoms with Crippen LogP contribution in [0.3, 0.4) is 0 Å². The number of nitrogens with one attached hydrogen (secondary N) is 1. The van der Waals surface area contributed by atoms with Crippen molar-refractivity contribution in [3.05, 3.63) is 76.2 Å². The van der Waals surface area contributed by atoms with Gasteiger partial charge in [-0.2, -0.15) is 5.10 Å². The van der Waals surface area contributed by atoms with E-state index in [-0.39, 0.29) is 17.2 Å². The van der Waals surface area contributed by atoms with E-state index in [4.69, 9.17) is 9.84 Å². The Kier molecular flexibility index (Phi) is 4.28. The maximum atomic E-state index is 12.7. The fourth-order valence-electron chi connectivity index (χ4n) is 4.22. The molecule has 1 N–H and O–H groups in total. The van der Waals surface area contributed by atoms with E-state index >= 15 is 0 Å². The van der Waals surface area contributed by atoms with Gasteiger partial charge in [-0.1, -0.05) is 18.2 Å². The molecule has 148 valence electrons. The lowest BCUT2D eigenvalue weighted by Crippen LogP contribution is -2.48. The van der Waals surface area contributed by atoms with Gasteiger partial charge < -0.3 is 14.6 Å². The molecule has 1 saturated heterocycles. The number of aromatic nitrogens is 4. The number of para-hydroxylation sites is 1. The lowest BCUT2D eigenvalue weighted by Gasteiger charge is -2.42. The molecule has 2 aliphatic heterocycles. The molecule has 1 amide bonds. The Morgan fingerprint density at radius 3 is 2.69 bits per heavy atom. The number of amides is 1. The summed E-state index contributed by atoms with van der Waals surface area (Å²) < 4.78 is 8.17. The first-order valence-corrected chi connectivity index (χ1v) is 9.77. The lowest BCUT2D eigenvalue weighted by atomic mass is 9.83. The number of H-pyrrole nitrogens is 1. The first-order chi connectivity index (χ1) is 14.1. The number of rotatable bonds is 2. The quantitative estimate of drug-likeness (QED) is 0.717. The third-order valence-electron chi connectivity index (χ3n) is 5.73. The molecule has 1 fully saturated rings. The van der Waals surface area contributed by atoms with Crippen molar-refractivity contribution in [2.45, 2.75) is 24.9 Å². The van der Waals surface area contributed by atoms with E-state index in [0.717, 1.165) is 24.0 Å². The van der Waals surface area contributed by atoms with Crippen LogP contribution < -0.4 is 5.56 Å². The van der Waals surface area contributed by atoms with E-state index in [2.05, 4.69) is 16.2 Å². The highest BCUT2D eigenvalue weighted by molar-refractivity contribution is 5.92. The molecule has 0 saturated carbocycles. The largest absolute Gasteiger partial charge is 0.368 e. The van der Waals surface area contributed by atoms with E-state index in [9.17, 15) is 9.59 Å². The fraction of sp³-hybridized carbons (Fsp3) is 0.333. The van der Waals surface area contributed by atoms with Crippen molar-refractivity contribution in [3.8, 4) is 5.69 Å². The number of hydrogen-bond acceptors (Lipinski definition) is 5. The molecule has 5 rings (SSSR count). The van der Waals surface area contributed by atoms with Gasteiger partial charge in [-0.15, -0.1) is 0 Å². The van der Waals surface area contributed by atoms with Gasteiger partial charge in [-0.25, -0.2) is 4.68 Å². The second-order valence-electron chi connectivity index (χ2n) is 7.48. The number of aromatic amines is 1. The number of likely N-dealkylation sites (tertiary alicyclic amines) is 1. The topological polar surface area (TPSA) is 93.1 Å². The van der Waals surface area contributed by atoms with Crippen LogP contribution in [0.15, 0.2) is 53.7 Å². The number of piperidine rings is 1. The van der Waals surface area contributed by atoms with Crippen molar-refractivity contribution in [3.63, 3.8) is 0 Å². The van der Waals surface area contributed by atoms with Crippen LogP contribution >= 0.6 is 0 Å². The standard InChI is InChI=1S/C21H21N5O3/c27-18-13-22-12-17(23-18)20(28)25-9-7-21(8-10-25)19-15(6-11-29-21)14-26(24-19)16-4-2-1-3-5-16/h1-5,12-14H,6-11H2,(H,23,27). The Labute approximate surface area is 167 Å². The van der Waals surface area contributed by atoms with Crippen LogP contribution in [-0.4, -0.2) is 50.3 Å². The van der Waals surface area contributed by atoms with E-state index in [1.165, 1.54) is 11.8 Å². The predicted molar refractivity (Wildman–Crippen MR) is 105 cm³/mol. The summed E-state index contributed by atoms with van der Waals surface area (Å²) in [6.07, 6.45) is 6.81. The SMILES string of the molecule is O=C(c1cncc(=O)[nH]1)N1CCC2(CC1)OCCc1cn(-c3ccccc3)nc12. The molecule has 29 heavy (non-hydrogen) atoms. The number of hydrogen-bond donors (Lipinski definition) is 1. The lowest BCUT2D eigenvalue weighted by molar-refractivity contribution is -0.0963. The Balaban J connectivity index is 1.38. The number of nitrogens with zero attached hydrogens (tertiary/aromatic N) is 4. The molecule has 0 radical (unpaired) electrons. The van der Waals surface area contributed by atoms with Crippen LogP contribution in [0.5, 0.6) is 0 Å². The van der Waals surface area contributed by atoms with Crippen LogP contribution in [-0.2, 0) is 16.8 Å². The molecule has 0 unspecified atom stereocenters. The minimum absolute atomic E-state index is 0.212. The normalized spacial score (nSPS) is 17.9. The molecule has 0 bridgehead atoms. The molecule has 1 spiro atoms. The average molecular weight is 391 g/mol. The Morgan fingerprint density at radius 2 is 1.93 bits per heavy atom. The van der Waals surface area contributed by atoms with E-state index in [1.807, 2.05) is 35.0 Å². The van der Waals surface area contributed by atoms with Crippen molar-refractivity contribution >= 4 is 5.91 Å². The highest BCUT2D eigenvalue weighted by atomic mass is 16.5. The predicted octanol–water partition coefficient (Wildman–Crippen LogP) is 1.66. The summed E-state index contributed by atoms with van der Waals surface area (Å²) in [4.78, 5) is 32.3. The Morgan fingerprint density at radius 1 is 1.14 bits per heavy atom. The molecule has 0 aliphatic carbocycles. The highest BCUT2D eigenvalue weighted by Gasteiger charge is 2.44. The smallest absolute Gasteiger partial charge is 0.271 e. The van der Waals surface area contributed by atoms with Gasteiger partial charge in [-0.3, -0.25) is 14.6 Å². The first-order valence-electron chi connectivity index (χ1n) is 9.77. The molecule has 2 aromatic heterocycles. The molecular formula is C21H21N5O3. The van der Waals surface area contributed by atoms with Crippen molar-refractivity contribution in [2.24, 2.45) is 0 Å². The van der Waals surface area contributed by atoms with E-state index in [0.29, 0.717) is 32.5 Å². The van der Waals surface area contributed by atoms with Crippen LogP contribution in [0.1, 0.15) is 34.6 Å². The third kappa shape index (κ3) is 3.15. The number of fused-ring (bicyclic) bond motifs is 2. The van der Waals surface area contributed by atoms with Gasteiger partial charge in [0, 0.05) is 19.3 Å². The van der Waals surface area contributed by atoms with E-state index in [1.54, 1.807) is 4.90 Å². The van der Waals surface area contributed by atoms with Gasteiger partial charge >= 0.3 is 0 Å². The Hall–Kier alpha value is -3.26. The summed E-state index contributed by atoms with van der Waals surface area (Å²) in [7, 11) is 0. The van der Waals surface area contributed by atoms with Gasteiger partial charge in [0.25, 0.3) is 11.5 Å². The molecule has 3 aromatic rings. The zero-order valence-electron chi connectivity index (χ0n) is 15.9. The molecule has 0 atom stereocenters. The number of ether oxygens (including phenoxy) is 1. The second-order valence-corrected chi connectivity index (χ2v) is 7.48. The van der Waals surface area contributed by atoms with Gasteiger partial charge in [0.1, 0.15) is 11.3 Å². The van der Waals surface area contributed by atoms with Crippen molar-refractivity contribution < 1.29 is 9.53 Å². The second kappa shape index (κ2) is 6.97. The zero-order valence-corrected chi connectivity index (χ0v) is 15.9. The van der Waals surface area contributed by atoms with Gasteiger partial charge in [-0.05, 0) is 37.0 Å². The molecule has 8 heteroatoms.